The van der Waals surface area contributed by atoms with Crippen molar-refractivity contribution in [3.63, 3.8) is 0 Å². The first-order chi connectivity index (χ1) is 11.5. The van der Waals surface area contributed by atoms with Gasteiger partial charge in [-0.05, 0) is 43.2 Å². The molecule has 0 aliphatic carbocycles. The first kappa shape index (κ1) is 17.8. The molecule has 24 heavy (non-hydrogen) atoms. The molecule has 128 valence electrons. The highest BCUT2D eigenvalue weighted by Gasteiger charge is 2.16. The number of hydrogen-bond acceptors (Lipinski definition) is 3. The number of ether oxygens (including phenoxy) is 2. The predicted octanol–water partition coefficient (Wildman–Crippen LogP) is 3.82. The van der Waals surface area contributed by atoms with E-state index in [1.807, 2.05) is 56.3 Å². The second kappa shape index (κ2) is 8.36. The van der Waals surface area contributed by atoms with Crippen molar-refractivity contribution in [2.24, 2.45) is 0 Å². The van der Waals surface area contributed by atoms with Crippen molar-refractivity contribution in [1.82, 2.24) is 5.32 Å². The molecule has 0 aliphatic rings. The number of aryl methyl sites for hydroxylation is 2. The van der Waals surface area contributed by atoms with Crippen LogP contribution in [-0.2, 0) is 4.74 Å². The maximum absolute atomic E-state index is 12.1. The van der Waals surface area contributed by atoms with E-state index in [0.717, 1.165) is 22.6 Å². The minimum absolute atomic E-state index is 0.268. The van der Waals surface area contributed by atoms with E-state index < -0.39 is 0 Å². The second-order valence-electron chi connectivity index (χ2n) is 5.60. The molecule has 1 unspecified atom stereocenters. The SMILES string of the molecule is COc1ccccc1C(CNC(=O)Nc1ccc(C)c(C)c1)OC. The zero-order chi connectivity index (χ0) is 17.5. The predicted molar refractivity (Wildman–Crippen MR) is 95.7 cm³/mol. The largest absolute Gasteiger partial charge is 0.496 e. The fourth-order valence-electron chi connectivity index (χ4n) is 2.43. The molecule has 2 aromatic carbocycles. The number of anilines is 1. The van der Waals surface area contributed by atoms with Crippen molar-refractivity contribution in [1.29, 1.82) is 0 Å². The zero-order valence-corrected chi connectivity index (χ0v) is 14.6. The van der Waals surface area contributed by atoms with Crippen LogP contribution in [0.2, 0.25) is 0 Å². The van der Waals surface area contributed by atoms with Gasteiger partial charge in [0.2, 0.25) is 0 Å². The van der Waals surface area contributed by atoms with Crippen LogP contribution in [-0.4, -0.2) is 26.8 Å². The molecule has 2 aromatic rings. The van der Waals surface area contributed by atoms with Gasteiger partial charge in [-0.25, -0.2) is 4.79 Å². The average molecular weight is 328 g/mol. The molecule has 1 atom stereocenters. The highest BCUT2D eigenvalue weighted by atomic mass is 16.5. The highest BCUT2D eigenvalue weighted by molar-refractivity contribution is 5.89. The van der Waals surface area contributed by atoms with E-state index in [4.69, 9.17) is 9.47 Å². The summed E-state index contributed by atoms with van der Waals surface area (Å²) in [5, 5.41) is 5.67. The number of benzene rings is 2. The Kier molecular flexibility index (Phi) is 6.21. The summed E-state index contributed by atoms with van der Waals surface area (Å²) < 4.78 is 10.8. The lowest BCUT2D eigenvalue weighted by molar-refractivity contribution is 0.102. The Labute approximate surface area is 143 Å². The van der Waals surface area contributed by atoms with Crippen LogP contribution in [0.3, 0.4) is 0 Å². The summed E-state index contributed by atoms with van der Waals surface area (Å²) in [5.41, 5.74) is 3.99. The van der Waals surface area contributed by atoms with E-state index >= 15 is 0 Å². The topological polar surface area (TPSA) is 59.6 Å². The molecule has 0 saturated carbocycles. The fourth-order valence-corrected chi connectivity index (χ4v) is 2.43. The van der Waals surface area contributed by atoms with Crippen molar-refractivity contribution in [3.8, 4) is 5.75 Å². The smallest absolute Gasteiger partial charge is 0.319 e. The van der Waals surface area contributed by atoms with Crippen LogP contribution in [0.25, 0.3) is 0 Å². The first-order valence-corrected chi connectivity index (χ1v) is 7.83. The zero-order valence-electron chi connectivity index (χ0n) is 14.6. The van der Waals surface area contributed by atoms with Gasteiger partial charge in [0, 0.05) is 24.9 Å². The number of carbonyl (C=O) groups is 1. The van der Waals surface area contributed by atoms with Crippen LogP contribution in [0.1, 0.15) is 22.8 Å². The Hall–Kier alpha value is -2.53. The van der Waals surface area contributed by atoms with Crippen molar-refractivity contribution >= 4 is 11.7 Å². The molecule has 0 radical (unpaired) electrons. The minimum atomic E-state index is -0.286. The maximum atomic E-state index is 12.1. The number of rotatable bonds is 6. The molecule has 2 N–H and O–H groups in total. The maximum Gasteiger partial charge on any atom is 0.319 e. The Morgan fingerprint density at radius 1 is 1.08 bits per heavy atom. The van der Waals surface area contributed by atoms with Crippen molar-refractivity contribution < 1.29 is 14.3 Å². The van der Waals surface area contributed by atoms with Crippen molar-refractivity contribution in [2.45, 2.75) is 20.0 Å². The van der Waals surface area contributed by atoms with Crippen LogP contribution >= 0.6 is 0 Å². The number of urea groups is 1. The quantitative estimate of drug-likeness (QED) is 0.847. The lowest BCUT2D eigenvalue weighted by atomic mass is 10.1. The van der Waals surface area contributed by atoms with Crippen LogP contribution < -0.4 is 15.4 Å². The summed E-state index contributed by atoms with van der Waals surface area (Å²) in [6.45, 7) is 4.39. The number of para-hydroxylation sites is 1. The Morgan fingerprint density at radius 2 is 1.83 bits per heavy atom. The Bertz CT molecular complexity index is 701. The first-order valence-electron chi connectivity index (χ1n) is 7.83. The molecular formula is C19H24N2O3. The molecule has 0 fully saturated rings. The summed E-state index contributed by atoms with van der Waals surface area (Å²) in [6.07, 6.45) is -0.286. The summed E-state index contributed by atoms with van der Waals surface area (Å²) in [5.74, 6) is 0.737. The van der Waals surface area contributed by atoms with Gasteiger partial charge in [0.1, 0.15) is 11.9 Å². The van der Waals surface area contributed by atoms with Gasteiger partial charge >= 0.3 is 6.03 Å². The Balaban J connectivity index is 1.97. The number of nitrogens with one attached hydrogen (secondary N) is 2. The van der Waals surface area contributed by atoms with Gasteiger partial charge in [-0.15, -0.1) is 0 Å². The number of carbonyl (C=O) groups excluding carboxylic acids is 1. The van der Waals surface area contributed by atoms with Gasteiger partial charge in [-0.3, -0.25) is 0 Å². The number of amides is 2. The van der Waals surface area contributed by atoms with Gasteiger partial charge in [0.05, 0.1) is 7.11 Å². The van der Waals surface area contributed by atoms with Crippen molar-refractivity contribution in [3.05, 3.63) is 59.2 Å². The molecule has 0 spiro atoms. The minimum Gasteiger partial charge on any atom is -0.496 e. The number of methoxy groups -OCH3 is 2. The molecule has 0 heterocycles. The van der Waals surface area contributed by atoms with Gasteiger partial charge in [-0.2, -0.15) is 0 Å². The summed E-state index contributed by atoms with van der Waals surface area (Å²) >= 11 is 0. The van der Waals surface area contributed by atoms with Crippen molar-refractivity contribution in [2.75, 3.05) is 26.1 Å². The summed E-state index contributed by atoms with van der Waals surface area (Å²) in [7, 11) is 3.23. The molecule has 0 aliphatic heterocycles. The van der Waals surface area contributed by atoms with E-state index in [1.54, 1.807) is 14.2 Å². The molecule has 2 amide bonds. The molecule has 5 heteroatoms. The fraction of sp³-hybridized carbons (Fsp3) is 0.316. The normalized spacial score (nSPS) is 11.7. The van der Waals surface area contributed by atoms with Crippen LogP contribution in [0.5, 0.6) is 5.75 Å². The van der Waals surface area contributed by atoms with Crippen LogP contribution in [0.4, 0.5) is 10.5 Å². The molecular weight excluding hydrogens is 304 g/mol. The lowest BCUT2D eigenvalue weighted by Crippen LogP contribution is -2.33. The van der Waals surface area contributed by atoms with E-state index in [0.29, 0.717) is 6.54 Å². The Morgan fingerprint density at radius 3 is 2.50 bits per heavy atom. The lowest BCUT2D eigenvalue weighted by Gasteiger charge is -2.19. The molecule has 0 saturated heterocycles. The average Bonchev–Trinajstić information content (AvgIpc) is 2.59. The van der Waals surface area contributed by atoms with E-state index in [-0.39, 0.29) is 12.1 Å². The number of hydrogen-bond donors (Lipinski definition) is 2. The molecule has 2 rings (SSSR count). The third-order valence-electron chi connectivity index (χ3n) is 3.98. The third kappa shape index (κ3) is 4.49. The van der Waals surface area contributed by atoms with Gasteiger partial charge in [0.25, 0.3) is 0 Å². The summed E-state index contributed by atoms with van der Waals surface area (Å²) in [6, 6.07) is 13.2. The monoisotopic (exact) mass is 328 g/mol. The van der Waals surface area contributed by atoms with Crippen LogP contribution in [0, 0.1) is 13.8 Å². The van der Waals surface area contributed by atoms with Gasteiger partial charge in [0.15, 0.2) is 0 Å². The van der Waals surface area contributed by atoms with Gasteiger partial charge in [-0.1, -0.05) is 24.3 Å². The molecule has 0 aromatic heterocycles. The van der Waals surface area contributed by atoms with E-state index in [1.165, 1.54) is 5.56 Å². The third-order valence-corrected chi connectivity index (χ3v) is 3.98. The highest BCUT2D eigenvalue weighted by Crippen LogP contribution is 2.26. The molecule has 0 bridgehead atoms. The standard InChI is InChI=1S/C19H24N2O3/c1-13-9-10-15(11-14(13)2)21-19(22)20-12-18(24-4)16-7-5-6-8-17(16)23-3/h5-11,18H,12H2,1-4H3,(H2,20,21,22). The molecule has 5 nitrogen and oxygen atoms in total. The summed E-state index contributed by atoms with van der Waals surface area (Å²) in [4.78, 5) is 12.1. The van der Waals surface area contributed by atoms with E-state index in [2.05, 4.69) is 10.6 Å². The van der Waals surface area contributed by atoms with Crippen LogP contribution in [0.15, 0.2) is 42.5 Å². The second-order valence-corrected chi connectivity index (χ2v) is 5.60. The van der Waals surface area contributed by atoms with E-state index in [9.17, 15) is 4.79 Å². The van der Waals surface area contributed by atoms with Gasteiger partial charge < -0.3 is 20.1 Å².